The van der Waals surface area contributed by atoms with Crippen LogP contribution in [0.25, 0.3) is 0 Å². The zero-order valence-corrected chi connectivity index (χ0v) is 20.3. The van der Waals surface area contributed by atoms with Crippen molar-refractivity contribution in [2.45, 2.75) is 47.1 Å². The summed E-state index contributed by atoms with van der Waals surface area (Å²) in [6.45, 7) is 15.9. The maximum atomic E-state index is 12.1. The highest BCUT2D eigenvalue weighted by Crippen LogP contribution is 2.40. The van der Waals surface area contributed by atoms with Crippen LogP contribution in [0.3, 0.4) is 0 Å². The van der Waals surface area contributed by atoms with E-state index in [-0.39, 0.29) is 23.1 Å². The highest BCUT2D eigenvalue weighted by atomic mass is 16.6. The van der Waals surface area contributed by atoms with Crippen molar-refractivity contribution >= 4 is 17.9 Å². The summed E-state index contributed by atoms with van der Waals surface area (Å²) in [4.78, 5) is 36.4. The molecule has 0 aliphatic heterocycles. The lowest BCUT2D eigenvalue weighted by molar-refractivity contribution is -0.176. The van der Waals surface area contributed by atoms with Crippen molar-refractivity contribution in [1.82, 2.24) is 0 Å². The van der Waals surface area contributed by atoms with E-state index in [9.17, 15) is 29.7 Å². The van der Waals surface area contributed by atoms with E-state index in [4.69, 9.17) is 14.2 Å². The van der Waals surface area contributed by atoms with Gasteiger partial charge < -0.3 is 29.5 Å². The molecule has 9 nitrogen and oxygen atoms in total. The molecule has 0 spiro atoms. The molecule has 0 rings (SSSR count). The molecule has 0 amide bonds. The Morgan fingerprint density at radius 1 is 0.758 bits per heavy atom. The summed E-state index contributed by atoms with van der Waals surface area (Å²) in [5.41, 5.74) is -2.40. The predicted molar refractivity (Wildman–Crippen MR) is 122 cm³/mol. The fraction of sp³-hybridized carbons (Fsp3) is 0.625. The summed E-state index contributed by atoms with van der Waals surface area (Å²) in [6.07, 6.45) is -1.14. The van der Waals surface area contributed by atoms with Crippen LogP contribution in [0.4, 0.5) is 0 Å². The molecule has 0 saturated carbocycles. The minimum Gasteiger partial charge on any atom is -0.461 e. The van der Waals surface area contributed by atoms with Gasteiger partial charge in [-0.05, 0) is 33.1 Å². The first kappa shape index (κ1) is 30.5. The second kappa shape index (κ2) is 13.3. The molecule has 0 fully saturated rings. The van der Waals surface area contributed by atoms with Gasteiger partial charge in [-0.1, -0.05) is 33.6 Å². The number of carbonyl (C=O) groups is 3. The Labute approximate surface area is 195 Å². The summed E-state index contributed by atoms with van der Waals surface area (Å²) >= 11 is 0. The van der Waals surface area contributed by atoms with Crippen LogP contribution in [0, 0.1) is 16.7 Å². The van der Waals surface area contributed by atoms with Crippen molar-refractivity contribution in [3.05, 3.63) is 36.5 Å². The number of hydrogen-bond acceptors (Lipinski definition) is 9. The lowest BCUT2D eigenvalue weighted by atomic mass is 9.66. The van der Waals surface area contributed by atoms with Crippen molar-refractivity contribution < 1.29 is 43.9 Å². The first-order valence-electron chi connectivity index (χ1n) is 10.6. The number of carbonyl (C=O) groups excluding carboxylic acids is 3. The molecule has 188 valence electrons. The molecule has 2 unspecified atom stereocenters. The molecular weight excluding hydrogens is 432 g/mol. The van der Waals surface area contributed by atoms with Crippen LogP contribution in [0.1, 0.15) is 41.0 Å². The summed E-state index contributed by atoms with van der Waals surface area (Å²) in [7, 11) is 0. The Hall–Kier alpha value is -2.49. The monoisotopic (exact) mass is 470 g/mol. The van der Waals surface area contributed by atoms with Gasteiger partial charge in [0.15, 0.2) is 0 Å². The quantitative estimate of drug-likeness (QED) is 0.185. The molecule has 0 heterocycles. The summed E-state index contributed by atoms with van der Waals surface area (Å²) in [6, 6.07) is 0. The Morgan fingerprint density at radius 2 is 1.06 bits per heavy atom. The molecule has 0 radical (unpaired) electrons. The van der Waals surface area contributed by atoms with E-state index in [0.717, 1.165) is 0 Å². The van der Waals surface area contributed by atoms with Crippen molar-refractivity contribution in [1.29, 1.82) is 0 Å². The molecule has 0 aromatic rings. The molecular formula is C24H38O9. The van der Waals surface area contributed by atoms with E-state index in [1.165, 1.54) is 20.8 Å². The second-order valence-corrected chi connectivity index (χ2v) is 8.70. The predicted octanol–water partition coefficient (Wildman–Crippen LogP) is 1.71. The van der Waals surface area contributed by atoms with E-state index in [0.29, 0.717) is 0 Å². The first-order chi connectivity index (χ1) is 15.2. The molecule has 0 aliphatic carbocycles. The summed E-state index contributed by atoms with van der Waals surface area (Å²) in [5.74, 6) is -3.09. The highest BCUT2D eigenvalue weighted by molar-refractivity contribution is 5.88. The minimum atomic E-state index is -1.44. The topological polar surface area (TPSA) is 140 Å². The van der Waals surface area contributed by atoms with Gasteiger partial charge in [-0.2, -0.15) is 0 Å². The minimum absolute atomic E-state index is 0.114. The van der Waals surface area contributed by atoms with Crippen LogP contribution in [-0.4, -0.2) is 72.4 Å². The number of aliphatic hydroxyl groups excluding tert-OH is 3. The Balaban J connectivity index is 6.42. The van der Waals surface area contributed by atoms with E-state index in [1.54, 1.807) is 13.8 Å². The third-order valence-electron chi connectivity index (χ3n) is 5.92. The third-order valence-corrected chi connectivity index (χ3v) is 5.92. The van der Waals surface area contributed by atoms with Gasteiger partial charge in [0.25, 0.3) is 0 Å². The van der Waals surface area contributed by atoms with Crippen molar-refractivity contribution in [3.8, 4) is 0 Å². The van der Waals surface area contributed by atoms with Crippen LogP contribution >= 0.6 is 0 Å². The Kier molecular flexibility index (Phi) is 12.3. The molecule has 0 saturated heterocycles. The van der Waals surface area contributed by atoms with Crippen LogP contribution in [0.15, 0.2) is 36.5 Å². The molecule has 0 aliphatic rings. The fourth-order valence-electron chi connectivity index (χ4n) is 3.05. The average Bonchev–Trinajstić information content (AvgIpc) is 2.78. The number of rotatable bonds is 15. The van der Waals surface area contributed by atoms with E-state index < -0.39 is 73.8 Å². The first-order valence-corrected chi connectivity index (χ1v) is 10.6. The molecule has 0 bridgehead atoms. The lowest BCUT2D eigenvalue weighted by Gasteiger charge is -2.45. The number of ether oxygens (including phenoxy) is 3. The lowest BCUT2D eigenvalue weighted by Crippen LogP contribution is -2.55. The zero-order valence-electron chi connectivity index (χ0n) is 20.3. The number of esters is 3. The molecule has 9 heteroatoms. The average molecular weight is 471 g/mol. The van der Waals surface area contributed by atoms with Crippen LogP contribution in [0.2, 0.25) is 0 Å². The van der Waals surface area contributed by atoms with Gasteiger partial charge in [0.2, 0.25) is 0 Å². The molecule has 3 N–H and O–H groups in total. The molecule has 0 aromatic heterocycles. The Morgan fingerprint density at radius 3 is 1.27 bits per heavy atom. The molecule has 33 heavy (non-hydrogen) atoms. The summed E-state index contributed by atoms with van der Waals surface area (Å²) in [5, 5.41) is 31.0. The van der Waals surface area contributed by atoms with E-state index >= 15 is 0 Å². The van der Waals surface area contributed by atoms with Gasteiger partial charge in [0.1, 0.15) is 19.8 Å². The Bertz CT molecular complexity index is 667. The smallest absolute Gasteiger partial charge is 0.333 e. The van der Waals surface area contributed by atoms with Gasteiger partial charge in [-0.3, -0.25) is 0 Å². The van der Waals surface area contributed by atoms with Gasteiger partial charge in [-0.25, -0.2) is 14.4 Å². The SMILES string of the molecule is C=C(C)C(=O)OCC(COC(=O)C(=C)C)(COC(=O)C(=C)C)C(C)C(O)C(CC)(CO)CO. The normalized spacial score (nSPS) is 13.5. The summed E-state index contributed by atoms with van der Waals surface area (Å²) < 4.78 is 16.0. The maximum absolute atomic E-state index is 12.1. The number of hydrogen-bond donors (Lipinski definition) is 3. The van der Waals surface area contributed by atoms with E-state index in [2.05, 4.69) is 19.7 Å². The van der Waals surface area contributed by atoms with Crippen molar-refractivity contribution in [2.24, 2.45) is 16.7 Å². The number of aliphatic hydroxyl groups is 3. The van der Waals surface area contributed by atoms with Crippen LogP contribution < -0.4 is 0 Å². The standard InChI is InChI=1S/C24H38O9/c1-9-23(10-25,11-26)19(27)18(8)24(12-31-20(28)15(2)3,13-32-21(29)16(4)5)14-33-22(30)17(6)7/h18-19,25-27H,2,4,6,9-14H2,1,3,5,7-8H3. The fourth-order valence-corrected chi connectivity index (χ4v) is 3.05. The molecule has 2 atom stereocenters. The third kappa shape index (κ3) is 8.10. The maximum Gasteiger partial charge on any atom is 0.333 e. The van der Waals surface area contributed by atoms with Crippen LogP contribution in [0.5, 0.6) is 0 Å². The zero-order chi connectivity index (χ0) is 26.0. The largest absolute Gasteiger partial charge is 0.461 e. The van der Waals surface area contributed by atoms with Gasteiger partial charge in [0, 0.05) is 22.1 Å². The second-order valence-electron chi connectivity index (χ2n) is 8.70. The van der Waals surface area contributed by atoms with Gasteiger partial charge in [0.05, 0.1) is 24.7 Å². The van der Waals surface area contributed by atoms with Crippen LogP contribution in [-0.2, 0) is 28.6 Å². The van der Waals surface area contributed by atoms with E-state index in [1.807, 2.05) is 0 Å². The van der Waals surface area contributed by atoms with Gasteiger partial charge >= 0.3 is 17.9 Å². The van der Waals surface area contributed by atoms with Crippen molar-refractivity contribution in [3.63, 3.8) is 0 Å². The highest BCUT2D eigenvalue weighted by Gasteiger charge is 2.50. The molecule has 0 aromatic carbocycles. The van der Waals surface area contributed by atoms with Gasteiger partial charge in [-0.15, -0.1) is 0 Å². The van der Waals surface area contributed by atoms with Crippen molar-refractivity contribution in [2.75, 3.05) is 33.0 Å².